The Balaban J connectivity index is 2.31. The number of aliphatic hydroxyl groups excluding tert-OH is 1. The van der Waals surface area contributed by atoms with Crippen molar-refractivity contribution in [2.45, 2.75) is 12.5 Å². The van der Waals surface area contributed by atoms with Gasteiger partial charge in [-0.1, -0.05) is 36.4 Å². The fourth-order valence-corrected chi connectivity index (χ4v) is 2.08. The third-order valence-corrected chi connectivity index (χ3v) is 3.31. The van der Waals surface area contributed by atoms with Gasteiger partial charge >= 0.3 is 0 Å². The van der Waals surface area contributed by atoms with Gasteiger partial charge in [0.2, 0.25) is 0 Å². The van der Waals surface area contributed by atoms with Crippen LogP contribution in [0.4, 0.5) is 0 Å². The number of benzene rings is 1. The minimum Gasteiger partial charge on any atom is -0.388 e. The average Bonchev–Trinajstić information content (AvgIpc) is 2.23. The number of allylic oxidation sites excluding steroid dienone is 2. The lowest BCUT2D eigenvalue weighted by atomic mass is 9.98. The smallest absolute Gasteiger partial charge is 0.0881 e. The monoisotopic (exact) mass is 298 g/mol. The summed E-state index contributed by atoms with van der Waals surface area (Å²) in [6, 6.07) is 10.2. The fourth-order valence-electron chi connectivity index (χ4n) is 1.49. The molecule has 0 heterocycles. The number of rotatable bonds is 1. The van der Waals surface area contributed by atoms with Crippen molar-refractivity contribution in [2.24, 2.45) is 0 Å². The maximum atomic E-state index is 9.52. The summed E-state index contributed by atoms with van der Waals surface area (Å²) in [4.78, 5) is 0. The molecule has 1 aliphatic rings. The first-order valence-corrected chi connectivity index (χ1v) is 5.66. The first-order chi connectivity index (χ1) is 6.77. The van der Waals surface area contributed by atoms with E-state index in [2.05, 4.69) is 40.8 Å². The lowest BCUT2D eigenvalue weighted by Crippen LogP contribution is -2.08. The van der Waals surface area contributed by atoms with Gasteiger partial charge in [0.25, 0.3) is 0 Å². The van der Waals surface area contributed by atoms with Gasteiger partial charge < -0.3 is 5.11 Å². The second-order valence-electron chi connectivity index (χ2n) is 3.31. The Morgan fingerprint density at radius 1 is 1.21 bits per heavy atom. The normalized spacial score (nSPS) is 21.4. The van der Waals surface area contributed by atoms with Gasteiger partial charge in [-0.15, -0.1) is 0 Å². The van der Waals surface area contributed by atoms with Crippen LogP contribution in [0.2, 0.25) is 0 Å². The van der Waals surface area contributed by atoms with E-state index in [0.29, 0.717) is 0 Å². The largest absolute Gasteiger partial charge is 0.388 e. The Morgan fingerprint density at radius 2 is 1.93 bits per heavy atom. The Kier molecular flexibility index (Phi) is 3.03. The topological polar surface area (TPSA) is 20.2 Å². The summed E-state index contributed by atoms with van der Waals surface area (Å²) in [7, 11) is 0. The van der Waals surface area contributed by atoms with Crippen molar-refractivity contribution in [3.05, 3.63) is 51.6 Å². The first-order valence-electron chi connectivity index (χ1n) is 4.58. The molecule has 1 unspecified atom stereocenters. The van der Waals surface area contributed by atoms with E-state index in [1.54, 1.807) is 0 Å². The molecule has 0 aromatic heterocycles. The van der Waals surface area contributed by atoms with Crippen LogP contribution in [-0.2, 0) is 0 Å². The van der Waals surface area contributed by atoms with E-state index in [1.807, 2.05) is 24.3 Å². The summed E-state index contributed by atoms with van der Waals surface area (Å²) in [5, 5.41) is 9.52. The first kappa shape index (κ1) is 9.93. The van der Waals surface area contributed by atoms with Gasteiger partial charge in [0.05, 0.1) is 6.10 Å². The number of aliphatic hydroxyl groups is 1. The van der Waals surface area contributed by atoms with Crippen LogP contribution in [0.25, 0.3) is 5.57 Å². The Labute approximate surface area is 97.3 Å². The predicted octanol–water partition coefficient (Wildman–Crippen LogP) is 3.15. The summed E-state index contributed by atoms with van der Waals surface area (Å²) < 4.78 is 1.02. The quantitative estimate of drug-likeness (QED) is 0.790. The van der Waals surface area contributed by atoms with Crippen LogP contribution >= 0.6 is 22.6 Å². The molecule has 0 saturated heterocycles. The van der Waals surface area contributed by atoms with Crippen molar-refractivity contribution in [3.63, 3.8) is 0 Å². The van der Waals surface area contributed by atoms with Gasteiger partial charge in [0.15, 0.2) is 0 Å². The minimum absolute atomic E-state index is 0.303. The maximum absolute atomic E-state index is 9.52. The standard InChI is InChI=1S/C12H11IO/c13-11-8-10(6-7-12(11)14)9-4-2-1-3-5-9/h1-6,8,12,14H,7H2. The van der Waals surface area contributed by atoms with E-state index in [1.165, 1.54) is 11.1 Å². The molecule has 1 nitrogen and oxygen atoms in total. The van der Waals surface area contributed by atoms with Gasteiger partial charge in [0.1, 0.15) is 0 Å². The van der Waals surface area contributed by atoms with Gasteiger partial charge in [0, 0.05) is 3.58 Å². The van der Waals surface area contributed by atoms with Crippen LogP contribution in [0.15, 0.2) is 46.1 Å². The van der Waals surface area contributed by atoms with Gasteiger partial charge in [-0.2, -0.15) is 0 Å². The molecule has 0 amide bonds. The van der Waals surface area contributed by atoms with Crippen molar-refractivity contribution in [1.82, 2.24) is 0 Å². The molecule has 2 rings (SSSR count). The molecule has 0 spiro atoms. The van der Waals surface area contributed by atoms with E-state index in [0.717, 1.165) is 10.0 Å². The van der Waals surface area contributed by atoms with Gasteiger partial charge in [-0.25, -0.2) is 0 Å². The molecule has 1 aromatic carbocycles. The van der Waals surface area contributed by atoms with E-state index >= 15 is 0 Å². The molecule has 0 radical (unpaired) electrons. The van der Waals surface area contributed by atoms with Gasteiger partial charge in [-0.05, 0) is 46.2 Å². The molecule has 2 heteroatoms. The van der Waals surface area contributed by atoms with Crippen LogP contribution in [-0.4, -0.2) is 11.2 Å². The van der Waals surface area contributed by atoms with Crippen molar-refractivity contribution in [2.75, 3.05) is 0 Å². The van der Waals surface area contributed by atoms with Crippen molar-refractivity contribution in [3.8, 4) is 0 Å². The van der Waals surface area contributed by atoms with E-state index < -0.39 is 0 Å². The highest BCUT2D eigenvalue weighted by Crippen LogP contribution is 2.28. The zero-order valence-electron chi connectivity index (χ0n) is 7.65. The molecule has 1 N–H and O–H groups in total. The molecular weight excluding hydrogens is 287 g/mol. The van der Waals surface area contributed by atoms with Crippen molar-refractivity contribution >= 4 is 28.2 Å². The van der Waals surface area contributed by atoms with Crippen LogP contribution in [0.3, 0.4) is 0 Å². The molecule has 1 atom stereocenters. The Bertz CT molecular complexity index is 379. The summed E-state index contributed by atoms with van der Waals surface area (Å²) in [6.07, 6.45) is 4.55. The maximum Gasteiger partial charge on any atom is 0.0881 e. The second kappa shape index (κ2) is 4.28. The molecule has 0 bridgehead atoms. The average molecular weight is 298 g/mol. The van der Waals surface area contributed by atoms with Crippen LogP contribution in [0.5, 0.6) is 0 Å². The van der Waals surface area contributed by atoms with E-state index in [4.69, 9.17) is 0 Å². The zero-order chi connectivity index (χ0) is 9.97. The molecule has 1 aliphatic carbocycles. The number of halogens is 1. The Morgan fingerprint density at radius 3 is 2.57 bits per heavy atom. The number of hydrogen-bond acceptors (Lipinski definition) is 1. The lowest BCUT2D eigenvalue weighted by Gasteiger charge is -2.15. The molecule has 14 heavy (non-hydrogen) atoms. The highest BCUT2D eigenvalue weighted by Gasteiger charge is 2.12. The summed E-state index contributed by atoms with van der Waals surface area (Å²) >= 11 is 2.20. The molecule has 1 aromatic rings. The summed E-state index contributed by atoms with van der Waals surface area (Å²) in [5.74, 6) is 0. The van der Waals surface area contributed by atoms with Crippen LogP contribution < -0.4 is 0 Å². The van der Waals surface area contributed by atoms with Crippen LogP contribution in [0.1, 0.15) is 12.0 Å². The van der Waals surface area contributed by atoms with E-state index in [9.17, 15) is 5.11 Å². The zero-order valence-corrected chi connectivity index (χ0v) is 9.81. The molecule has 0 fully saturated rings. The predicted molar refractivity (Wildman–Crippen MR) is 67.1 cm³/mol. The van der Waals surface area contributed by atoms with E-state index in [-0.39, 0.29) is 6.10 Å². The number of hydrogen-bond donors (Lipinski definition) is 1. The third-order valence-electron chi connectivity index (χ3n) is 2.28. The highest BCUT2D eigenvalue weighted by molar-refractivity contribution is 14.1. The third kappa shape index (κ3) is 2.07. The minimum atomic E-state index is -0.303. The molecule has 0 aliphatic heterocycles. The summed E-state index contributed by atoms with van der Waals surface area (Å²) in [5.41, 5.74) is 2.42. The van der Waals surface area contributed by atoms with Crippen molar-refractivity contribution in [1.29, 1.82) is 0 Å². The van der Waals surface area contributed by atoms with Crippen LogP contribution in [0, 0.1) is 0 Å². The second-order valence-corrected chi connectivity index (χ2v) is 4.55. The fraction of sp³-hybridized carbons (Fsp3) is 0.167. The molecule has 72 valence electrons. The van der Waals surface area contributed by atoms with Crippen molar-refractivity contribution < 1.29 is 5.11 Å². The highest BCUT2D eigenvalue weighted by atomic mass is 127. The Hall–Kier alpha value is -0.610. The lowest BCUT2D eigenvalue weighted by molar-refractivity contribution is 0.224. The van der Waals surface area contributed by atoms with Gasteiger partial charge in [-0.3, -0.25) is 0 Å². The molecular formula is C12H11IO. The SMILES string of the molecule is OC1CC=C(c2ccccc2)C=C1I. The molecule has 0 saturated carbocycles. The summed E-state index contributed by atoms with van der Waals surface area (Å²) in [6.45, 7) is 0.